The van der Waals surface area contributed by atoms with E-state index in [-0.39, 0.29) is 12.1 Å². The summed E-state index contributed by atoms with van der Waals surface area (Å²) in [6.45, 7) is 11.2. The number of carbonyl (C=O) groups excluding carboxylic acids is 1. The van der Waals surface area contributed by atoms with Crippen LogP contribution in [0.25, 0.3) is 11.1 Å². The van der Waals surface area contributed by atoms with Crippen molar-refractivity contribution in [2.45, 2.75) is 60.1 Å². The van der Waals surface area contributed by atoms with Gasteiger partial charge in [0.1, 0.15) is 17.2 Å². The van der Waals surface area contributed by atoms with E-state index in [1.54, 1.807) is 45.9 Å². The highest BCUT2D eigenvalue weighted by Crippen LogP contribution is 2.29. The topological polar surface area (TPSA) is 53.3 Å². The van der Waals surface area contributed by atoms with E-state index < -0.39 is 23.3 Å². The van der Waals surface area contributed by atoms with Crippen LogP contribution in [0.5, 0.6) is 0 Å². The van der Waals surface area contributed by atoms with E-state index >= 15 is 0 Å². The Labute approximate surface area is 183 Å². The number of nitriles is 1. The van der Waals surface area contributed by atoms with Crippen LogP contribution in [-0.2, 0) is 11.3 Å². The number of hydrogen-bond acceptors (Lipinski definition) is 3. The quantitative estimate of drug-likeness (QED) is 0.521. The maximum atomic E-state index is 15.0. The first-order valence-corrected chi connectivity index (χ1v) is 10.4. The molecular formula is C25H30F2N2O2. The fourth-order valence-corrected chi connectivity index (χ4v) is 3.13. The molecule has 4 nitrogen and oxygen atoms in total. The molecular weight excluding hydrogens is 398 g/mol. The van der Waals surface area contributed by atoms with E-state index in [4.69, 9.17) is 10.00 Å². The summed E-state index contributed by atoms with van der Waals surface area (Å²) in [7, 11) is 0. The lowest BCUT2D eigenvalue weighted by Crippen LogP contribution is -2.37. The molecule has 0 radical (unpaired) electrons. The summed E-state index contributed by atoms with van der Waals surface area (Å²) < 4.78 is 35.4. The highest BCUT2D eigenvalue weighted by Gasteiger charge is 2.25. The van der Waals surface area contributed by atoms with Gasteiger partial charge in [0.15, 0.2) is 0 Å². The van der Waals surface area contributed by atoms with Crippen molar-refractivity contribution in [1.82, 2.24) is 4.90 Å². The van der Waals surface area contributed by atoms with Crippen molar-refractivity contribution in [3.63, 3.8) is 0 Å². The molecule has 6 heteroatoms. The van der Waals surface area contributed by atoms with Crippen LogP contribution >= 0.6 is 0 Å². The Hall–Kier alpha value is -2.94. The molecule has 2 rings (SSSR count). The van der Waals surface area contributed by atoms with Crippen LogP contribution in [0.3, 0.4) is 0 Å². The molecule has 0 heterocycles. The van der Waals surface area contributed by atoms with Crippen LogP contribution in [0, 0.1) is 35.8 Å². The number of amides is 1. The van der Waals surface area contributed by atoms with E-state index in [2.05, 4.69) is 0 Å². The molecule has 0 aliphatic rings. The van der Waals surface area contributed by atoms with Gasteiger partial charge >= 0.3 is 6.09 Å². The molecule has 0 unspecified atom stereocenters. The average molecular weight is 429 g/mol. The van der Waals surface area contributed by atoms with Gasteiger partial charge in [-0.25, -0.2) is 13.6 Å². The van der Waals surface area contributed by atoms with Crippen molar-refractivity contribution in [3.8, 4) is 17.2 Å². The maximum absolute atomic E-state index is 15.0. The molecule has 0 aliphatic carbocycles. The second kappa shape index (κ2) is 9.91. The number of rotatable bonds is 6. The molecule has 0 spiro atoms. The van der Waals surface area contributed by atoms with Crippen molar-refractivity contribution < 1.29 is 18.3 Å². The van der Waals surface area contributed by atoms with Gasteiger partial charge in [-0.05, 0) is 81.0 Å². The first-order valence-electron chi connectivity index (χ1n) is 10.4. The predicted octanol–water partition coefficient (Wildman–Crippen LogP) is 6.60. The van der Waals surface area contributed by atoms with Crippen LogP contribution in [0.15, 0.2) is 30.3 Å². The molecule has 31 heavy (non-hydrogen) atoms. The van der Waals surface area contributed by atoms with Crippen LogP contribution in [0.1, 0.15) is 57.7 Å². The molecule has 0 saturated heterocycles. The third-order valence-corrected chi connectivity index (χ3v) is 4.78. The van der Waals surface area contributed by atoms with Crippen LogP contribution in [0.2, 0.25) is 0 Å². The number of halogens is 2. The van der Waals surface area contributed by atoms with Crippen molar-refractivity contribution >= 4 is 6.09 Å². The van der Waals surface area contributed by atoms with E-state index in [9.17, 15) is 13.6 Å². The highest BCUT2D eigenvalue weighted by atomic mass is 19.1. The van der Waals surface area contributed by atoms with E-state index in [0.717, 1.165) is 5.56 Å². The Morgan fingerprint density at radius 3 is 2.26 bits per heavy atom. The molecule has 0 N–H and O–H groups in total. The number of hydrogen-bond donors (Lipinski definition) is 0. The first-order chi connectivity index (χ1) is 14.4. The molecule has 1 amide bonds. The molecule has 2 aromatic carbocycles. The summed E-state index contributed by atoms with van der Waals surface area (Å²) in [6, 6.07) is 9.55. The number of aryl methyl sites for hydroxylation is 1. The number of nitrogens with zero attached hydrogens (tertiary/aromatic N) is 2. The maximum Gasteiger partial charge on any atom is 0.410 e. The lowest BCUT2D eigenvalue weighted by atomic mass is 9.97. The summed E-state index contributed by atoms with van der Waals surface area (Å²) in [5.41, 5.74) is 1.37. The molecule has 0 aliphatic heterocycles. The molecule has 166 valence electrons. The second-order valence-corrected chi connectivity index (χ2v) is 9.14. The van der Waals surface area contributed by atoms with Gasteiger partial charge in [-0.2, -0.15) is 5.26 Å². The Balaban J connectivity index is 2.35. The monoisotopic (exact) mass is 428 g/mol. The minimum atomic E-state index is -0.725. The number of carbonyl (C=O) groups is 1. The second-order valence-electron chi connectivity index (χ2n) is 9.14. The first kappa shape index (κ1) is 24.3. The van der Waals surface area contributed by atoms with Crippen LogP contribution in [-0.4, -0.2) is 23.1 Å². The zero-order valence-corrected chi connectivity index (χ0v) is 19.1. The van der Waals surface area contributed by atoms with Gasteiger partial charge in [-0.3, -0.25) is 0 Å². The number of ether oxygens (including phenoxy) is 1. The largest absolute Gasteiger partial charge is 0.444 e. The summed E-state index contributed by atoms with van der Waals surface area (Å²) in [4.78, 5) is 14.0. The van der Waals surface area contributed by atoms with Crippen molar-refractivity contribution in [1.29, 1.82) is 5.26 Å². The standard InChI is InChI=1S/C25H30F2N2O2/c1-16(2)9-10-29(24(30)31-25(4,5)6)15-21-22(26)12-19(13-23(21)27)20-8-7-18(14-28)11-17(20)3/h7-8,11-13,16H,9-10,15H2,1-6H3. The van der Waals surface area contributed by atoms with E-state index in [1.807, 2.05) is 19.9 Å². The zero-order chi connectivity index (χ0) is 23.3. The van der Waals surface area contributed by atoms with Crippen LogP contribution in [0.4, 0.5) is 13.6 Å². The summed E-state index contributed by atoms with van der Waals surface area (Å²) in [6.07, 6.45) is 0.0873. The van der Waals surface area contributed by atoms with Crippen LogP contribution < -0.4 is 0 Å². The third-order valence-electron chi connectivity index (χ3n) is 4.78. The lowest BCUT2D eigenvalue weighted by molar-refractivity contribution is 0.0222. The molecule has 0 aromatic heterocycles. The summed E-state index contributed by atoms with van der Waals surface area (Å²) in [5, 5.41) is 9.01. The summed E-state index contributed by atoms with van der Waals surface area (Å²) in [5.74, 6) is -1.13. The van der Waals surface area contributed by atoms with Gasteiger partial charge < -0.3 is 9.64 Å². The molecule has 0 bridgehead atoms. The van der Waals surface area contributed by atoms with Gasteiger partial charge in [0.05, 0.1) is 18.2 Å². The smallest absolute Gasteiger partial charge is 0.410 e. The van der Waals surface area contributed by atoms with Gasteiger partial charge in [-0.15, -0.1) is 0 Å². The fraction of sp³-hybridized carbons (Fsp3) is 0.440. The Kier molecular flexibility index (Phi) is 7.78. The normalized spacial score (nSPS) is 11.4. The third kappa shape index (κ3) is 6.78. The minimum absolute atomic E-state index is 0.176. The molecule has 0 saturated carbocycles. The van der Waals surface area contributed by atoms with Gasteiger partial charge in [-0.1, -0.05) is 19.9 Å². The lowest BCUT2D eigenvalue weighted by Gasteiger charge is -2.28. The average Bonchev–Trinajstić information content (AvgIpc) is 2.64. The molecule has 0 fully saturated rings. The predicted molar refractivity (Wildman–Crippen MR) is 117 cm³/mol. The molecule has 0 atom stereocenters. The Morgan fingerprint density at radius 1 is 1.16 bits per heavy atom. The Morgan fingerprint density at radius 2 is 1.77 bits per heavy atom. The zero-order valence-electron chi connectivity index (χ0n) is 19.1. The fourth-order valence-electron chi connectivity index (χ4n) is 3.13. The van der Waals surface area contributed by atoms with Gasteiger partial charge in [0, 0.05) is 12.1 Å². The van der Waals surface area contributed by atoms with E-state index in [0.29, 0.717) is 35.6 Å². The number of benzene rings is 2. The highest BCUT2D eigenvalue weighted by molar-refractivity contribution is 5.70. The Bertz CT molecular complexity index is 965. The van der Waals surface area contributed by atoms with E-state index in [1.165, 1.54) is 17.0 Å². The minimum Gasteiger partial charge on any atom is -0.444 e. The SMILES string of the molecule is Cc1cc(C#N)ccc1-c1cc(F)c(CN(CCC(C)C)C(=O)OC(C)(C)C)c(F)c1. The summed E-state index contributed by atoms with van der Waals surface area (Å²) >= 11 is 0. The van der Waals surface area contributed by atoms with Crippen molar-refractivity contribution in [3.05, 3.63) is 58.7 Å². The van der Waals surface area contributed by atoms with Gasteiger partial charge in [0.25, 0.3) is 0 Å². The molecule has 2 aromatic rings. The van der Waals surface area contributed by atoms with Gasteiger partial charge in [0.2, 0.25) is 0 Å². The van der Waals surface area contributed by atoms with Crippen molar-refractivity contribution in [2.24, 2.45) is 5.92 Å². The van der Waals surface area contributed by atoms with Crippen molar-refractivity contribution in [2.75, 3.05) is 6.54 Å².